The number of carbonyl (C=O) groups is 1. The van der Waals surface area contributed by atoms with E-state index in [9.17, 15) is 25.2 Å². The normalized spacial score (nSPS) is 11.7. The molecule has 2 atom stereocenters. The highest BCUT2D eigenvalue weighted by atomic mass is 32.1. The average Bonchev–Trinajstić information content (AvgIpc) is 3.62. The van der Waals surface area contributed by atoms with Crippen LogP contribution in [0.1, 0.15) is 76.0 Å². The average molecular weight is 762 g/mol. The molecule has 0 radical (unpaired) electrons. The molecule has 1 aromatic heterocycles. The highest BCUT2D eigenvalue weighted by molar-refractivity contribution is 7.20. The number of carbonyl (C=O) groups excluding carboxylic acids is 1. The van der Waals surface area contributed by atoms with Gasteiger partial charge in [-0.25, -0.2) is 4.98 Å². The maximum Gasteiger partial charge on any atom is 0.279 e. The molecule has 2 unspecified atom stereocenters. The summed E-state index contributed by atoms with van der Waals surface area (Å²) in [6, 6.07) is 24.2. The number of benzene rings is 4. The fourth-order valence-electron chi connectivity index (χ4n) is 5.23. The Morgan fingerprint density at radius 3 is 1.67 bits per heavy atom. The maximum absolute atomic E-state index is 11.1. The van der Waals surface area contributed by atoms with Crippen LogP contribution >= 0.6 is 11.3 Å². The van der Waals surface area contributed by atoms with Crippen molar-refractivity contribution >= 4 is 27.3 Å². The number of methoxy groups -OCH3 is 3. The molecule has 5 rings (SSSR count). The van der Waals surface area contributed by atoms with E-state index in [1.807, 2.05) is 69.3 Å². The standard InChI is InChI=1S/C19H21NO3S.C12H18O3.C12H16O3/c1-3-14(21)10-8-13-9-11-16(17(12-13)22-2)23-19-20-15-6-4-5-7-18(15)24-19;2*1-3-10(13)6-4-9-5-7-11(14)12(8-9)15-2/h4-7,9,11-12,14,21H,3,8,10H2,1-2H3;5,7-8,10,13-14H,3-4,6H2,1-2H3;5,7-8,14H,3-4,6H2,1-2H3. The number of Topliss-reactive ketones (excluding diaryl/α,β-unsaturated/α-hetero) is 1. The predicted octanol–water partition coefficient (Wildman–Crippen LogP) is 9.22. The van der Waals surface area contributed by atoms with Gasteiger partial charge < -0.3 is 39.4 Å². The molecule has 4 aromatic carbocycles. The molecule has 4 N–H and O–H groups in total. The number of hydrogen-bond acceptors (Lipinski definition) is 11. The number of aryl methyl sites for hydroxylation is 3. The van der Waals surface area contributed by atoms with Crippen LogP contribution in [0.2, 0.25) is 0 Å². The Kier molecular flexibility index (Phi) is 18.6. The monoisotopic (exact) mass is 761 g/mol. The minimum Gasteiger partial charge on any atom is -0.504 e. The van der Waals surface area contributed by atoms with Crippen molar-refractivity contribution in [3.63, 3.8) is 0 Å². The van der Waals surface area contributed by atoms with Crippen LogP contribution in [0.15, 0.2) is 78.9 Å². The molecule has 0 saturated heterocycles. The zero-order valence-electron chi connectivity index (χ0n) is 32.2. The predicted molar refractivity (Wildman–Crippen MR) is 215 cm³/mol. The lowest BCUT2D eigenvalue weighted by atomic mass is 10.1. The first kappa shape index (κ1) is 43.6. The summed E-state index contributed by atoms with van der Waals surface area (Å²) in [6.45, 7) is 5.81. The van der Waals surface area contributed by atoms with Crippen LogP contribution in [-0.2, 0) is 24.1 Å². The quantitative estimate of drug-likeness (QED) is 0.0723. The van der Waals surface area contributed by atoms with Gasteiger partial charge in [-0.15, -0.1) is 0 Å². The van der Waals surface area contributed by atoms with E-state index in [4.69, 9.17) is 18.9 Å². The third kappa shape index (κ3) is 14.2. The number of para-hydroxylation sites is 1. The van der Waals surface area contributed by atoms with Crippen LogP contribution in [0.3, 0.4) is 0 Å². The zero-order chi connectivity index (χ0) is 39.5. The lowest BCUT2D eigenvalue weighted by Gasteiger charge is -2.11. The lowest BCUT2D eigenvalue weighted by Crippen LogP contribution is -2.05. The fraction of sp³-hybridized carbons (Fsp3) is 0.395. The molecule has 0 aliphatic rings. The van der Waals surface area contributed by atoms with Crippen molar-refractivity contribution in [2.24, 2.45) is 0 Å². The first-order chi connectivity index (χ1) is 26.0. The molecular weight excluding hydrogens is 707 g/mol. The minimum absolute atomic E-state index is 0.128. The van der Waals surface area contributed by atoms with Crippen molar-refractivity contribution in [2.75, 3.05) is 21.3 Å². The van der Waals surface area contributed by atoms with Crippen molar-refractivity contribution in [2.45, 2.75) is 90.8 Å². The molecule has 0 aliphatic carbocycles. The van der Waals surface area contributed by atoms with E-state index in [2.05, 4.69) is 4.98 Å². The van der Waals surface area contributed by atoms with Gasteiger partial charge in [0.25, 0.3) is 5.19 Å². The van der Waals surface area contributed by atoms with Gasteiger partial charge in [0.2, 0.25) is 0 Å². The van der Waals surface area contributed by atoms with Crippen LogP contribution in [0.5, 0.6) is 39.7 Å². The first-order valence-electron chi connectivity index (χ1n) is 18.3. The highest BCUT2D eigenvalue weighted by Crippen LogP contribution is 2.36. The molecule has 54 heavy (non-hydrogen) atoms. The Hall–Kier alpha value is -4.84. The summed E-state index contributed by atoms with van der Waals surface area (Å²) in [5.74, 6) is 2.80. The number of thiazole rings is 1. The number of ether oxygens (including phenoxy) is 4. The molecule has 0 bridgehead atoms. The summed E-state index contributed by atoms with van der Waals surface area (Å²) < 4.78 is 22.5. The van der Waals surface area contributed by atoms with E-state index >= 15 is 0 Å². The summed E-state index contributed by atoms with van der Waals surface area (Å²) in [7, 11) is 4.67. The van der Waals surface area contributed by atoms with Gasteiger partial charge in [-0.3, -0.25) is 4.79 Å². The number of phenols is 2. The minimum atomic E-state index is -0.255. The SMILES string of the molecule is CCC(=O)CCc1ccc(O)c(OC)c1.CCC(O)CCc1ccc(O)c(OC)c1.CCC(O)CCc1ccc(Oc2nc3ccccc3s2)c(OC)c1. The Bertz CT molecular complexity index is 1840. The highest BCUT2D eigenvalue weighted by Gasteiger charge is 2.12. The van der Waals surface area contributed by atoms with E-state index in [1.54, 1.807) is 37.4 Å². The number of rotatable bonds is 17. The Morgan fingerprint density at radius 2 is 1.17 bits per heavy atom. The summed E-state index contributed by atoms with van der Waals surface area (Å²) in [6.07, 6.45) is 5.97. The van der Waals surface area contributed by atoms with E-state index in [0.717, 1.165) is 65.4 Å². The van der Waals surface area contributed by atoms with Crippen LogP contribution in [0, 0.1) is 0 Å². The second-order valence-electron chi connectivity index (χ2n) is 12.6. The molecule has 0 saturated carbocycles. The van der Waals surface area contributed by atoms with Crippen molar-refractivity contribution in [3.8, 4) is 39.7 Å². The molecule has 292 valence electrons. The van der Waals surface area contributed by atoms with Crippen LogP contribution in [0.4, 0.5) is 0 Å². The smallest absolute Gasteiger partial charge is 0.279 e. The molecule has 0 aliphatic heterocycles. The molecule has 11 heteroatoms. The Morgan fingerprint density at radius 1 is 0.667 bits per heavy atom. The van der Waals surface area contributed by atoms with Crippen molar-refractivity contribution < 1.29 is 44.2 Å². The van der Waals surface area contributed by atoms with E-state index in [-0.39, 0.29) is 29.5 Å². The van der Waals surface area contributed by atoms with Crippen LogP contribution < -0.4 is 18.9 Å². The van der Waals surface area contributed by atoms with Gasteiger partial charge in [0.15, 0.2) is 34.5 Å². The third-order valence-corrected chi connectivity index (χ3v) is 9.66. The fourth-order valence-corrected chi connectivity index (χ4v) is 6.06. The number of nitrogens with zero attached hydrogens (tertiary/aromatic N) is 1. The van der Waals surface area contributed by atoms with Gasteiger partial charge in [0.1, 0.15) is 5.78 Å². The van der Waals surface area contributed by atoms with Crippen LogP contribution in [0.25, 0.3) is 10.2 Å². The number of phenolic OH excluding ortho intramolecular Hbond substituents is 2. The summed E-state index contributed by atoms with van der Waals surface area (Å²) in [4.78, 5) is 15.6. The number of aromatic nitrogens is 1. The molecule has 10 nitrogen and oxygen atoms in total. The van der Waals surface area contributed by atoms with Gasteiger partial charge in [0.05, 0.1) is 43.8 Å². The van der Waals surface area contributed by atoms with E-state index in [0.29, 0.717) is 47.5 Å². The second kappa shape index (κ2) is 23.1. The number of aliphatic hydroxyl groups is 2. The number of aliphatic hydroxyl groups excluding tert-OH is 2. The number of ketones is 1. The number of hydrogen-bond donors (Lipinski definition) is 4. The van der Waals surface area contributed by atoms with E-state index in [1.165, 1.54) is 25.6 Å². The van der Waals surface area contributed by atoms with Gasteiger partial charge >= 0.3 is 0 Å². The molecule has 0 amide bonds. The van der Waals surface area contributed by atoms with Gasteiger partial charge in [0, 0.05) is 12.8 Å². The van der Waals surface area contributed by atoms with Gasteiger partial charge in [-0.05, 0) is 110 Å². The van der Waals surface area contributed by atoms with Crippen molar-refractivity contribution in [1.29, 1.82) is 0 Å². The summed E-state index contributed by atoms with van der Waals surface area (Å²) >= 11 is 1.51. The zero-order valence-corrected chi connectivity index (χ0v) is 33.0. The largest absolute Gasteiger partial charge is 0.504 e. The molecular formula is C43H55NO9S. The van der Waals surface area contributed by atoms with Gasteiger partial charge in [-0.2, -0.15) is 0 Å². The van der Waals surface area contributed by atoms with Crippen LogP contribution in [-0.4, -0.2) is 64.7 Å². The number of aromatic hydroxyl groups is 2. The maximum atomic E-state index is 11.1. The van der Waals surface area contributed by atoms with Gasteiger partial charge in [-0.1, -0.05) is 62.4 Å². The molecule has 0 fully saturated rings. The topological polar surface area (TPSA) is 148 Å². The lowest BCUT2D eigenvalue weighted by molar-refractivity contribution is -0.118. The second-order valence-corrected chi connectivity index (χ2v) is 13.6. The summed E-state index contributed by atoms with van der Waals surface area (Å²) in [5.41, 5.74) is 4.13. The molecule has 0 spiro atoms. The molecule has 1 heterocycles. The van der Waals surface area contributed by atoms with Crippen molar-refractivity contribution in [3.05, 3.63) is 95.6 Å². The first-order valence-corrected chi connectivity index (χ1v) is 19.1. The Labute approximate surface area is 323 Å². The Balaban J connectivity index is 0.000000229. The molecule has 5 aromatic rings. The van der Waals surface area contributed by atoms with Crippen molar-refractivity contribution in [1.82, 2.24) is 4.98 Å². The van der Waals surface area contributed by atoms with E-state index < -0.39 is 0 Å². The summed E-state index contributed by atoms with van der Waals surface area (Å²) in [5, 5.41) is 38.5. The third-order valence-electron chi connectivity index (χ3n) is 8.75. The number of fused-ring (bicyclic) bond motifs is 1.